The van der Waals surface area contributed by atoms with Crippen molar-refractivity contribution in [3.63, 3.8) is 0 Å². The van der Waals surface area contributed by atoms with Gasteiger partial charge in [-0.1, -0.05) is 60.7 Å². The van der Waals surface area contributed by atoms with Gasteiger partial charge in [-0.25, -0.2) is 20.0 Å². The third kappa shape index (κ3) is 6.67. The van der Waals surface area contributed by atoms with Crippen molar-refractivity contribution in [3.8, 4) is 22.5 Å². The molecule has 2 aromatic carbocycles. The molecule has 38 heavy (non-hydrogen) atoms. The topological polar surface area (TPSA) is 138 Å². The molecule has 0 saturated carbocycles. The van der Waals surface area contributed by atoms with Crippen molar-refractivity contribution < 1.29 is 20.4 Å². The number of aliphatic hydroxyl groups is 4. The molecule has 2 heterocycles. The first kappa shape index (κ1) is 27.5. The van der Waals surface area contributed by atoms with E-state index in [-0.39, 0.29) is 5.71 Å². The maximum atomic E-state index is 10.8. The lowest BCUT2D eigenvalue weighted by atomic mass is 10.0. The van der Waals surface area contributed by atoms with Gasteiger partial charge in [-0.05, 0) is 0 Å². The Morgan fingerprint density at radius 3 is 1.84 bits per heavy atom. The van der Waals surface area contributed by atoms with Crippen molar-refractivity contribution in [1.82, 2.24) is 9.97 Å². The summed E-state index contributed by atoms with van der Waals surface area (Å²) in [4.78, 5) is 9.21. The first-order chi connectivity index (χ1) is 18.4. The Labute approximate surface area is 228 Å². The van der Waals surface area contributed by atoms with Crippen LogP contribution in [0, 0.1) is 0 Å². The van der Waals surface area contributed by atoms with Crippen LogP contribution in [0.25, 0.3) is 22.5 Å². The summed E-state index contributed by atoms with van der Waals surface area (Å²) in [5.74, 6) is 0. The largest absolute Gasteiger partial charge is 0.394 e. The summed E-state index contributed by atoms with van der Waals surface area (Å²) in [6, 6.07) is 19.4. The van der Waals surface area contributed by atoms with Gasteiger partial charge in [0.25, 0.3) is 0 Å². The minimum atomic E-state index is -1.69. The predicted molar refractivity (Wildman–Crippen MR) is 153 cm³/mol. The Kier molecular flexibility index (Phi) is 9.29. The fourth-order valence-electron chi connectivity index (χ4n) is 3.37. The highest BCUT2D eigenvalue weighted by Gasteiger charge is 2.28. The van der Waals surface area contributed by atoms with E-state index in [4.69, 9.17) is 0 Å². The van der Waals surface area contributed by atoms with Crippen LogP contribution in [0.4, 0.5) is 10.3 Å². The molecule has 4 aromatic rings. The number of benzene rings is 2. The number of thiazole rings is 2. The molecule has 0 amide bonds. The number of aliphatic hydroxyl groups excluding tert-OH is 4. The maximum Gasteiger partial charge on any atom is 0.206 e. The molecule has 0 aliphatic heterocycles. The molecule has 0 saturated heterocycles. The highest BCUT2D eigenvalue weighted by molar-refractivity contribution is 7.14. The number of hydrogen-bond donors (Lipinski definition) is 4. The summed E-state index contributed by atoms with van der Waals surface area (Å²) in [6.45, 7) is -0.729. The van der Waals surface area contributed by atoms with Crippen LogP contribution in [0.15, 0.2) is 81.6 Å². The van der Waals surface area contributed by atoms with Gasteiger partial charge in [0.1, 0.15) is 24.0 Å². The van der Waals surface area contributed by atoms with Crippen molar-refractivity contribution in [2.75, 3.05) is 30.7 Å². The van der Waals surface area contributed by atoms with Gasteiger partial charge in [0, 0.05) is 36.0 Å². The molecule has 0 unspecified atom stereocenters. The third-order valence-electron chi connectivity index (χ3n) is 5.51. The van der Waals surface area contributed by atoms with Gasteiger partial charge in [-0.3, -0.25) is 0 Å². The standard InChI is InChI=1S/C26H28N6O4S2/c1-31(25-28-20(15-37-25)17-9-5-3-6-10-17)27-13-19(23(35)24(36)22(34)14-33)30-32(2)26-29-21(16-38-26)18-11-7-4-8-12-18/h3-13,15-16,22-24,33-36H,14H2,1-2H3/b27-13+,30-19+/t22-,23-,24-/m1/s1. The smallest absolute Gasteiger partial charge is 0.206 e. The lowest BCUT2D eigenvalue weighted by Crippen LogP contribution is -2.45. The zero-order valence-electron chi connectivity index (χ0n) is 20.7. The Morgan fingerprint density at radius 1 is 0.842 bits per heavy atom. The highest BCUT2D eigenvalue weighted by Crippen LogP contribution is 2.28. The molecule has 2 aromatic heterocycles. The molecule has 0 fully saturated rings. The average Bonchev–Trinajstić information content (AvgIpc) is 3.66. The van der Waals surface area contributed by atoms with E-state index < -0.39 is 24.9 Å². The van der Waals surface area contributed by atoms with Gasteiger partial charge in [0.05, 0.1) is 24.2 Å². The van der Waals surface area contributed by atoms with Gasteiger partial charge in [-0.15, -0.1) is 22.7 Å². The zero-order valence-corrected chi connectivity index (χ0v) is 22.4. The lowest BCUT2D eigenvalue weighted by molar-refractivity contribution is -0.0549. The molecule has 10 nitrogen and oxygen atoms in total. The molecule has 3 atom stereocenters. The van der Waals surface area contributed by atoms with E-state index in [2.05, 4.69) is 20.2 Å². The van der Waals surface area contributed by atoms with Crippen LogP contribution in [0.2, 0.25) is 0 Å². The number of hydrazone groups is 2. The molecular formula is C26H28N6O4S2. The monoisotopic (exact) mass is 552 g/mol. The lowest BCUT2D eigenvalue weighted by Gasteiger charge is -2.22. The molecule has 0 radical (unpaired) electrons. The molecule has 4 N–H and O–H groups in total. The van der Waals surface area contributed by atoms with E-state index >= 15 is 0 Å². The van der Waals surface area contributed by atoms with Crippen molar-refractivity contribution in [2.45, 2.75) is 18.3 Å². The van der Waals surface area contributed by atoms with Crippen molar-refractivity contribution >= 4 is 44.9 Å². The minimum Gasteiger partial charge on any atom is -0.394 e. The second kappa shape index (κ2) is 12.8. The molecule has 4 rings (SSSR count). The van der Waals surface area contributed by atoms with E-state index in [1.165, 1.54) is 38.9 Å². The molecular weight excluding hydrogens is 524 g/mol. The van der Waals surface area contributed by atoms with Crippen molar-refractivity contribution in [2.24, 2.45) is 10.2 Å². The van der Waals surface area contributed by atoms with Crippen LogP contribution in [0.1, 0.15) is 0 Å². The summed E-state index contributed by atoms with van der Waals surface area (Å²) < 4.78 is 0. The predicted octanol–water partition coefficient (Wildman–Crippen LogP) is 2.92. The third-order valence-corrected chi connectivity index (χ3v) is 7.33. The van der Waals surface area contributed by atoms with Crippen LogP contribution in [-0.2, 0) is 0 Å². The molecule has 0 spiro atoms. The summed E-state index contributed by atoms with van der Waals surface area (Å²) in [5, 5.41) is 57.0. The second-order valence-corrected chi connectivity index (χ2v) is 9.94. The first-order valence-electron chi connectivity index (χ1n) is 11.6. The molecule has 0 aliphatic carbocycles. The van der Waals surface area contributed by atoms with Crippen LogP contribution in [-0.4, -0.2) is 81.3 Å². The molecule has 12 heteroatoms. The minimum absolute atomic E-state index is 0.0457. The van der Waals surface area contributed by atoms with E-state index in [0.29, 0.717) is 10.3 Å². The van der Waals surface area contributed by atoms with Crippen LogP contribution >= 0.6 is 22.7 Å². The number of hydrogen-bond acceptors (Lipinski definition) is 12. The summed E-state index contributed by atoms with van der Waals surface area (Å²) >= 11 is 2.75. The Morgan fingerprint density at radius 2 is 1.34 bits per heavy atom. The van der Waals surface area contributed by atoms with E-state index in [0.717, 1.165) is 22.5 Å². The summed E-state index contributed by atoms with van der Waals surface area (Å²) in [6.07, 6.45) is -3.61. The fourth-order valence-corrected chi connectivity index (χ4v) is 4.88. The number of aromatic nitrogens is 2. The van der Waals surface area contributed by atoms with E-state index in [1.54, 1.807) is 14.1 Å². The Hall–Kier alpha value is -3.52. The van der Waals surface area contributed by atoms with E-state index in [9.17, 15) is 20.4 Å². The quantitative estimate of drug-likeness (QED) is 0.165. The summed E-state index contributed by atoms with van der Waals surface area (Å²) in [7, 11) is 3.35. The fraction of sp³-hybridized carbons (Fsp3) is 0.231. The van der Waals surface area contributed by atoms with Gasteiger partial charge in [-0.2, -0.15) is 10.2 Å². The maximum absolute atomic E-state index is 10.8. The summed E-state index contributed by atoms with van der Waals surface area (Å²) in [5.41, 5.74) is 3.47. The van der Waals surface area contributed by atoms with Gasteiger partial charge >= 0.3 is 0 Å². The van der Waals surface area contributed by atoms with Gasteiger partial charge < -0.3 is 20.4 Å². The molecule has 198 valence electrons. The van der Waals surface area contributed by atoms with Crippen LogP contribution in [0.5, 0.6) is 0 Å². The zero-order chi connectivity index (χ0) is 27.1. The number of nitrogens with zero attached hydrogens (tertiary/aromatic N) is 6. The van der Waals surface area contributed by atoms with E-state index in [1.807, 2.05) is 71.4 Å². The Balaban J connectivity index is 1.58. The number of anilines is 2. The van der Waals surface area contributed by atoms with Crippen LogP contribution in [0.3, 0.4) is 0 Å². The second-order valence-electron chi connectivity index (χ2n) is 8.26. The highest BCUT2D eigenvalue weighted by atomic mass is 32.1. The van der Waals surface area contributed by atoms with Gasteiger partial charge in [0.15, 0.2) is 0 Å². The SMILES string of the molecule is CN(/N=C/C(=N\N(C)c1nc(-c2ccccc2)cs1)[C@@H](O)[C@H](O)[C@H](O)CO)c1nc(-c2ccccc2)cs1. The van der Waals surface area contributed by atoms with Crippen molar-refractivity contribution in [1.29, 1.82) is 0 Å². The molecule has 0 bridgehead atoms. The average molecular weight is 553 g/mol. The van der Waals surface area contributed by atoms with Gasteiger partial charge in [0.2, 0.25) is 10.3 Å². The first-order valence-corrected chi connectivity index (χ1v) is 13.4. The van der Waals surface area contributed by atoms with Crippen LogP contribution < -0.4 is 10.0 Å². The Bertz CT molecular complexity index is 1360. The van der Waals surface area contributed by atoms with Crippen molar-refractivity contribution in [3.05, 3.63) is 71.4 Å². The number of rotatable bonds is 11. The molecule has 0 aliphatic rings. The normalized spacial score (nSPS) is 14.4.